The number of rotatable bonds is 6. The summed E-state index contributed by atoms with van der Waals surface area (Å²) in [7, 11) is 1.48. The number of aryl methyl sites for hydroxylation is 1. The first-order chi connectivity index (χ1) is 13.4. The van der Waals surface area contributed by atoms with E-state index in [1.54, 1.807) is 25.1 Å². The number of methoxy groups -OCH3 is 1. The van der Waals surface area contributed by atoms with Gasteiger partial charge in [-0.3, -0.25) is 4.79 Å². The number of nitrogens with zero attached hydrogens (tertiary/aromatic N) is 1. The molecule has 0 saturated heterocycles. The van der Waals surface area contributed by atoms with E-state index in [9.17, 15) is 14.7 Å². The number of hydrazone groups is 1. The molecule has 1 heterocycles. The maximum atomic E-state index is 12.5. The van der Waals surface area contributed by atoms with E-state index in [0.717, 1.165) is 19.3 Å². The Labute approximate surface area is 168 Å². The summed E-state index contributed by atoms with van der Waals surface area (Å²) in [6.07, 6.45) is 2.96. The van der Waals surface area contributed by atoms with E-state index in [1.165, 1.54) is 28.9 Å². The third-order valence-electron chi connectivity index (χ3n) is 4.91. The molecule has 28 heavy (non-hydrogen) atoms. The first-order valence-corrected chi connectivity index (χ1v) is 10.0. The van der Waals surface area contributed by atoms with E-state index < -0.39 is 5.97 Å². The third kappa shape index (κ3) is 4.59. The molecule has 7 heteroatoms. The maximum absolute atomic E-state index is 12.5. The van der Waals surface area contributed by atoms with Crippen LogP contribution in [-0.4, -0.2) is 24.7 Å². The molecule has 0 bridgehead atoms. The minimum absolute atomic E-state index is 0.227. The summed E-state index contributed by atoms with van der Waals surface area (Å²) >= 11 is 1.54. The summed E-state index contributed by atoms with van der Waals surface area (Å²) in [5.41, 5.74) is 5.66. The van der Waals surface area contributed by atoms with Crippen molar-refractivity contribution in [2.75, 3.05) is 7.11 Å². The van der Waals surface area contributed by atoms with E-state index in [4.69, 9.17) is 4.74 Å². The second kappa shape index (κ2) is 8.56. The Bertz CT molecular complexity index is 932. The van der Waals surface area contributed by atoms with Crippen LogP contribution in [0.25, 0.3) is 0 Å². The van der Waals surface area contributed by atoms with Crippen LogP contribution in [0.3, 0.4) is 0 Å². The minimum atomic E-state index is -1.19. The van der Waals surface area contributed by atoms with Crippen molar-refractivity contribution in [3.63, 3.8) is 0 Å². The van der Waals surface area contributed by atoms with Gasteiger partial charge in [-0.15, -0.1) is 11.3 Å². The summed E-state index contributed by atoms with van der Waals surface area (Å²) < 4.78 is 5.18. The highest BCUT2D eigenvalue weighted by molar-refractivity contribution is 7.14. The van der Waals surface area contributed by atoms with Crippen molar-refractivity contribution >= 4 is 28.9 Å². The zero-order valence-electron chi connectivity index (χ0n) is 16.2. The molecule has 1 aromatic carbocycles. The zero-order chi connectivity index (χ0) is 20.3. The van der Waals surface area contributed by atoms with Gasteiger partial charge in [0.25, 0.3) is 5.91 Å². The van der Waals surface area contributed by atoms with Crippen LogP contribution >= 0.6 is 11.3 Å². The molecule has 1 atom stereocenters. The number of carboxylic acids is 1. The van der Waals surface area contributed by atoms with Gasteiger partial charge in [0.2, 0.25) is 0 Å². The Kier molecular flexibility index (Phi) is 6.14. The number of hydrogen-bond donors (Lipinski definition) is 1. The van der Waals surface area contributed by atoms with Crippen LogP contribution in [0.5, 0.6) is 5.75 Å². The monoisotopic (exact) mass is 399 g/mol. The van der Waals surface area contributed by atoms with Crippen LogP contribution in [0.2, 0.25) is 0 Å². The number of carboxylic acid groups (broad SMARTS) is 1. The molecule has 0 aliphatic heterocycles. The topological polar surface area (TPSA) is 90.8 Å². The molecular formula is C21H23N2O4S-. The molecule has 1 aliphatic carbocycles. The van der Waals surface area contributed by atoms with Crippen LogP contribution < -0.4 is 15.3 Å². The normalized spacial score (nSPS) is 16.4. The number of carbonyl (C=O) groups is 2. The van der Waals surface area contributed by atoms with Crippen molar-refractivity contribution < 1.29 is 19.4 Å². The van der Waals surface area contributed by atoms with Gasteiger partial charge >= 0.3 is 0 Å². The SMILES string of the molecule is COc1ccc(/C(C)=N\NC(=O)c2cc3c(s2)CC[C@@H](C)C3)cc1CC(=O)[O-]. The number of ether oxygens (including phenoxy) is 1. The van der Waals surface area contributed by atoms with Gasteiger partial charge in [0.15, 0.2) is 0 Å². The van der Waals surface area contributed by atoms with Gasteiger partial charge < -0.3 is 14.6 Å². The van der Waals surface area contributed by atoms with Crippen LogP contribution in [0, 0.1) is 5.92 Å². The highest BCUT2D eigenvalue weighted by Crippen LogP contribution is 2.32. The number of fused-ring (bicyclic) bond motifs is 1. The van der Waals surface area contributed by atoms with E-state index >= 15 is 0 Å². The largest absolute Gasteiger partial charge is 0.550 e. The van der Waals surface area contributed by atoms with Gasteiger partial charge in [0.1, 0.15) is 5.75 Å². The number of hydrogen-bond acceptors (Lipinski definition) is 6. The van der Waals surface area contributed by atoms with E-state index in [0.29, 0.717) is 33.4 Å². The molecule has 1 aliphatic rings. The van der Waals surface area contributed by atoms with Crippen molar-refractivity contribution in [2.45, 2.75) is 39.5 Å². The highest BCUT2D eigenvalue weighted by atomic mass is 32.1. The molecule has 0 spiro atoms. The third-order valence-corrected chi connectivity index (χ3v) is 6.15. The number of amides is 1. The second-order valence-electron chi connectivity index (χ2n) is 7.12. The average molecular weight is 399 g/mol. The van der Waals surface area contributed by atoms with Crippen molar-refractivity contribution in [1.29, 1.82) is 0 Å². The summed E-state index contributed by atoms with van der Waals surface area (Å²) in [6.45, 7) is 3.99. The fourth-order valence-corrected chi connectivity index (χ4v) is 4.47. The Morgan fingerprint density at radius 2 is 2.14 bits per heavy atom. The maximum Gasteiger partial charge on any atom is 0.281 e. The molecule has 6 nitrogen and oxygen atoms in total. The van der Waals surface area contributed by atoms with Crippen LogP contribution in [0.15, 0.2) is 29.4 Å². The number of thiophene rings is 1. The predicted molar refractivity (Wildman–Crippen MR) is 107 cm³/mol. The van der Waals surface area contributed by atoms with Gasteiger partial charge in [-0.2, -0.15) is 5.10 Å². The van der Waals surface area contributed by atoms with Crippen molar-refractivity contribution in [3.05, 3.63) is 50.7 Å². The first kappa shape index (κ1) is 20.1. The van der Waals surface area contributed by atoms with Crippen molar-refractivity contribution in [1.82, 2.24) is 5.43 Å². The molecule has 148 valence electrons. The zero-order valence-corrected chi connectivity index (χ0v) is 17.0. The van der Waals surface area contributed by atoms with Gasteiger partial charge in [-0.25, -0.2) is 5.43 Å². The van der Waals surface area contributed by atoms with Crippen molar-refractivity contribution in [3.8, 4) is 5.75 Å². The van der Waals surface area contributed by atoms with Gasteiger partial charge in [-0.05, 0) is 67.5 Å². The minimum Gasteiger partial charge on any atom is -0.550 e. The lowest BCUT2D eigenvalue weighted by Crippen LogP contribution is -2.24. The van der Waals surface area contributed by atoms with E-state index in [2.05, 4.69) is 17.5 Å². The lowest BCUT2D eigenvalue weighted by molar-refractivity contribution is -0.304. The smallest absolute Gasteiger partial charge is 0.281 e. The molecule has 0 unspecified atom stereocenters. The fourth-order valence-electron chi connectivity index (χ4n) is 3.37. The number of nitrogens with one attached hydrogen (secondary N) is 1. The molecule has 0 saturated carbocycles. The average Bonchev–Trinajstić information content (AvgIpc) is 3.08. The summed E-state index contributed by atoms with van der Waals surface area (Å²) in [4.78, 5) is 25.4. The standard InChI is InChI=1S/C21H24N2O4S/c1-12-4-7-18-16(8-12)10-19(28-18)21(26)23-22-13(2)14-5-6-17(27-3)15(9-14)11-20(24)25/h5-6,9-10,12H,4,7-8,11H2,1-3H3,(H,23,26)(H,24,25)/p-1/b22-13-/t12-/m1/s1. The van der Waals surface area contributed by atoms with Crippen LogP contribution in [0.4, 0.5) is 0 Å². The van der Waals surface area contributed by atoms with E-state index in [1.807, 2.05) is 6.07 Å². The van der Waals surface area contributed by atoms with Gasteiger partial charge in [0, 0.05) is 22.8 Å². The molecule has 3 rings (SSSR count). The van der Waals surface area contributed by atoms with Crippen LogP contribution in [-0.2, 0) is 24.1 Å². The quantitative estimate of drug-likeness (QED) is 0.596. The highest BCUT2D eigenvalue weighted by Gasteiger charge is 2.20. The second-order valence-corrected chi connectivity index (χ2v) is 8.26. The Morgan fingerprint density at radius 1 is 1.36 bits per heavy atom. The predicted octanol–water partition coefficient (Wildman–Crippen LogP) is 2.33. The summed E-state index contributed by atoms with van der Waals surface area (Å²) in [5.74, 6) is -0.282. The van der Waals surface area contributed by atoms with Crippen molar-refractivity contribution in [2.24, 2.45) is 11.0 Å². The van der Waals surface area contributed by atoms with E-state index in [-0.39, 0.29) is 12.3 Å². The molecule has 2 aromatic rings. The van der Waals surface area contributed by atoms with Crippen LogP contribution in [0.1, 0.15) is 51.5 Å². The Morgan fingerprint density at radius 3 is 2.86 bits per heavy atom. The summed E-state index contributed by atoms with van der Waals surface area (Å²) in [5, 5.41) is 15.1. The molecule has 1 amide bonds. The lowest BCUT2D eigenvalue weighted by Gasteiger charge is -2.16. The summed E-state index contributed by atoms with van der Waals surface area (Å²) in [6, 6.07) is 7.11. The molecule has 0 radical (unpaired) electrons. The Balaban J connectivity index is 1.73. The first-order valence-electron chi connectivity index (χ1n) is 9.20. The Hall–Kier alpha value is -2.67. The van der Waals surface area contributed by atoms with Gasteiger partial charge in [0.05, 0.1) is 17.7 Å². The molecule has 1 aromatic heterocycles. The number of aliphatic carboxylic acids is 1. The molecular weight excluding hydrogens is 376 g/mol. The number of benzene rings is 1. The molecule has 0 fully saturated rings. The molecule has 1 N–H and O–H groups in total. The fraction of sp³-hybridized carbons (Fsp3) is 0.381. The van der Waals surface area contributed by atoms with Gasteiger partial charge in [-0.1, -0.05) is 6.92 Å². The number of carbonyl (C=O) groups excluding carboxylic acids is 2. The lowest BCUT2D eigenvalue weighted by atomic mass is 9.90.